The van der Waals surface area contributed by atoms with Crippen LogP contribution in [0, 0.1) is 0 Å². The van der Waals surface area contributed by atoms with Crippen LogP contribution in [0.2, 0.25) is 0 Å². The van der Waals surface area contributed by atoms with Gasteiger partial charge in [0, 0.05) is 13.0 Å². The number of halogens is 3. The Kier molecular flexibility index (Phi) is 7.51. The third-order valence-electron chi connectivity index (χ3n) is 4.89. The maximum atomic E-state index is 12.5. The minimum atomic E-state index is -4.45. The molecule has 1 saturated heterocycles. The molecule has 6 nitrogen and oxygen atoms in total. The lowest BCUT2D eigenvalue weighted by Gasteiger charge is -2.23. The van der Waals surface area contributed by atoms with Crippen LogP contribution < -0.4 is 15.4 Å². The fourth-order valence-electron chi connectivity index (χ4n) is 3.43. The van der Waals surface area contributed by atoms with Gasteiger partial charge in [-0.3, -0.25) is 14.5 Å². The summed E-state index contributed by atoms with van der Waals surface area (Å²) in [7, 11) is 0. The van der Waals surface area contributed by atoms with Crippen molar-refractivity contribution in [1.82, 2.24) is 10.2 Å². The molecule has 1 aliphatic rings. The highest BCUT2D eigenvalue weighted by atomic mass is 19.4. The highest BCUT2D eigenvalue weighted by Crippen LogP contribution is 2.29. The SMILES string of the molecule is O=C(CCN1CCCC1C(=O)NCC(F)(F)F)Nc1ccccc1Oc1ccccc1. The maximum absolute atomic E-state index is 12.5. The van der Waals surface area contributed by atoms with Crippen molar-refractivity contribution in [2.45, 2.75) is 31.5 Å². The number of para-hydroxylation sites is 3. The molecule has 3 rings (SSSR count). The van der Waals surface area contributed by atoms with Crippen LogP contribution in [0.5, 0.6) is 11.5 Å². The second-order valence-corrected chi connectivity index (χ2v) is 7.24. The molecule has 1 unspecified atom stereocenters. The number of hydrogen-bond acceptors (Lipinski definition) is 4. The van der Waals surface area contributed by atoms with Crippen LogP contribution in [-0.4, -0.2) is 48.6 Å². The van der Waals surface area contributed by atoms with Gasteiger partial charge in [0.2, 0.25) is 11.8 Å². The Bertz CT molecular complexity index is 890. The highest BCUT2D eigenvalue weighted by molar-refractivity contribution is 5.92. The van der Waals surface area contributed by atoms with Crippen molar-refractivity contribution in [2.24, 2.45) is 0 Å². The van der Waals surface area contributed by atoms with Gasteiger partial charge in [-0.25, -0.2) is 0 Å². The smallest absolute Gasteiger partial charge is 0.405 e. The quantitative estimate of drug-likeness (QED) is 0.659. The minimum absolute atomic E-state index is 0.0999. The molecular weight excluding hydrogens is 411 g/mol. The Balaban J connectivity index is 1.53. The van der Waals surface area contributed by atoms with E-state index in [-0.39, 0.29) is 18.9 Å². The number of amides is 2. The van der Waals surface area contributed by atoms with Crippen molar-refractivity contribution in [3.63, 3.8) is 0 Å². The molecule has 1 atom stereocenters. The molecule has 1 aliphatic heterocycles. The Morgan fingerprint density at radius 1 is 1.06 bits per heavy atom. The fourth-order valence-corrected chi connectivity index (χ4v) is 3.43. The van der Waals surface area contributed by atoms with Crippen LogP contribution in [0.1, 0.15) is 19.3 Å². The predicted octanol–water partition coefficient (Wildman–Crippen LogP) is 3.95. The second-order valence-electron chi connectivity index (χ2n) is 7.24. The molecule has 2 amide bonds. The Morgan fingerprint density at radius 3 is 2.52 bits per heavy atom. The molecule has 0 aliphatic carbocycles. The van der Waals surface area contributed by atoms with Gasteiger partial charge < -0.3 is 15.4 Å². The predicted molar refractivity (Wildman–Crippen MR) is 110 cm³/mol. The summed E-state index contributed by atoms with van der Waals surface area (Å²) in [5, 5.41) is 4.73. The first kappa shape index (κ1) is 22.6. The Morgan fingerprint density at radius 2 is 1.77 bits per heavy atom. The molecule has 166 valence electrons. The minimum Gasteiger partial charge on any atom is -0.455 e. The molecule has 9 heteroatoms. The average molecular weight is 435 g/mol. The van der Waals surface area contributed by atoms with Crippen molar-refractivity contribution in [1.29, 1.82) is 0 Å². The first-order valence-electron chi connectivity index (χ1n) is 10.0. The van der Waals surface area contributed by atoms with Gasteiger partial charge in [-0.15, -0.1) is 0 Å². The molecule has 1 heterocycles. The summed E-state index contributed by atoms with van der Waals surface area (Å²) in [6.07, 6.45) is -3.19. The van der Waals surface area contributed by atoms with E-state index in [9.17, 15) is 22.8 Å². The molecule has 2 N–H and O–H groups in total. The number of carbonyl (C=O) groups excluding carboxylic acids is 2. The number of alkyl halides is 3. The summed E-state index contributed by atoms with van der Waals surface area (Å²) >= 11 is 0. The van der Waals surface area contributed by atoms with Gasteiger partial charge in [-0.1, -0.05) is 30.3 Å². The van der Waals surface area contributed by atoms with Crippen LogP contribution in [0.4, 0.5) is 18.9 Å². The lowest BCUT2D eigenvalue weighted by atomic mass is 10.2. The van der Waals surface area contributed by atoms with Crippen molar-refractivity contribution in [2.75, 3.05) is 25.0 Å². The van der Waals surface area contributed by atoms with Gasteiger partial charge in [0.25, 0.3) is 0 Å². The molecular formula is C22H24F3N3O3. The fraction of sp³-hybridized carbons (Fsp3) is 0.364. The zero-order chi connectivity index (χ0) is 22.3. The summed E-state index contributed by atoms with van der Waals surface area (Å²) in [5.41, 5.74) is 0.511. The number of anilines is 1. The van der Waals surface area contributed by atoms with Gasteiger partial charge in [0.1, 0.15) is 12.3 Å². The lowest BCUT2D eigenvalue weighted by molar-refractivity contribution is -0.141. The topological polar surface area (TPSA) is 70.7 Å². The van der Waals surface area contributed by atoms with Crippen LogP contribution in [-0.2, 0) is 9.59 Å². The van der Waals surface area contributed by atoms with Crippen molar-refractivity contribution in [3.8, 4) is 11.5 Å². The number of nitrogens with zero attached hydrogens (tertiary/aromatic N) is 1. The summed E-state index contributed by atoms with van der Waals surface area (Å²) < 4.78 is 42.8. The number of nitrogens with one attached hydrogen (secondary N) is 2. The Labute approximate surface area is 178 Å². The van der Waals surface area contributed by atoms with Crippen molar-refractivity contribution < 1.29 is 27.5 Å². The zero-order valence-corrected chi connectivity index (χ0v) is 16.8. The van der Waals surface area contributed by atoms with Crippen molar-refractivity contribution >= 4 is 17.5 Å². The largest absolute Gasteiger partial charge is 0.455 e. The molecule has 2 aromatic rings. The van der Waals surface area contributed by atoms with E-state index < -0.39 is 24.7 Å². The molecule has 0 spiro atoms. The summed E-state index contributed by atoms with van der Waals surface area (Å²) in [4.78, 5) is 26.3. The second kappa shape index (κ2) is 10.3. The molecule has 31 heavy (non-hydrogen) atoms. The molecule has 1 fully saturated rings. The summed E-state index contributed by atoms with van der Waals surface area (Å²) in [5.74, 6) is 0.198. The van der Waals surface area contributed by atoms with Gasteiger partial charge >= 0.3 is 6.18 Å². The molecule has 0 bridgehead atoms. The zero-order valence-electron chi connectivity index (χ0n) is 16.8. The van der Waals surface area contributed by atoms with E-state index in [0.717, 1.165) is 0 Å². The Hall–Kier alpha value is -3.07. The number of likely N-dealkylation sites (tertiary alicyclic amines) is 1. The molecule has 0 aromatic heterocycles. The van der Waals surface area contributed by atoms with E-state index in [1.54, 1.807) is 41.3 Å². The number of hydrogen-bond donors (Lipinski definition) is 2. The van der Waals surface area contributed by atoms with Crippen LogP contribution in [0.3, 0.4) is 0 Å². The third-order valence-corrected chi connectivity index (χ3v) is 4.89. The molecule has 0 saturated carbocycles. The summed E-state index contributed by atoms with van der Waals surface area (Å²) in [6, 6.07) is 15.5. The first-order valence-corrected chi connectivity index (χ1v) is 10.0. The monoisotopic (exact) mass is 435 g/mol. The van der Waals surface area contributed by atoms with Gasteiger partial charge in [-0.05, 0) is 43.7 Å². The van der Waals surface area contributed by atoms with E-state index in [1.807, 2.05) is 23.5 Å². The van der Waals surface area contributed by atoms with E-state index in [1.165, 1.54) is 0 Å². The first-order chi connectivity index (χ1) is 14.8. The third kappa shape index (κ3) is 6.99. The molecule has 0 radical (unpaired) electrons. The van der Waals surface area contributed by atoms with E-state index >= 15 is 0 Å². The van der Waals surface area contributed by atoms with Crippen molar-refractivity contribution in [3.05, 3.63) is 54.6 Å². The van der Waals surface area contributed by atoms with E-state index in [0.29, 0.717) is 36.6 Å². The van der Waals surface area contributed by atoms with Crippen LogP contribution in [0.15, 0.2) is 54.6 Å². The number of benzene rings is 2. The summed E-state index contributed by atoms with van der Waals surface area (Å²) in [6.45, 7) is -0.516. The molecule has 2 aromatic carbocycles. The van der Waals surface area contributed by atoms with Gasteiger partial charge in [0.15, 0.2) is 5.75 Å². The van der Waals surface area contributed by atoms with Gasteiger partial charge in [-0.2, -0.15) is 13.2 Å². The van der Waals surface area contributed by atoms with E-state index in [4.69, 9.17) is 4.74 Å². The van der Waals surface area contributed by atoms with Crippen LogP contribution >= 0.6 is 0 Å². The average Bonchev–Trinajstić information content (AvgIpc) is 3.21. The number of ether oxygens (including phenoxy) is 1. The van der Waals surface area contributed by atoms with E-state index in [2.05, 4.69) is 5.32 Å². The normalized spacial score (nSPS) is 16.7. The van der Waals surface area contributed by atoms with Gasteiger partial charge in [0.05, 0.1) is 11.7 Å². The standard InChI is InChI=1S/C22H24F3N3O3/c23-22(24,25)15-26-21(30)18-10-6-13-28(18)14-12-20(29)27-17-9-4-5-11-19(17)31-16-7-2-1-3-8-16/h1-5,7-9,11,18H,6,10,12-15H2,(H,26,30)(H,27,29). The highest BCUT2D eigenvalue weighted by Gasteiger charge is 2.34. The number of rotatable bonds is 8. The number of carbonyl (C=O) groups is 2. The maximum Gasteiger partial charge on any atom is 0.405 e. The van der Waals surface area contributed by atoms with Crippen LogP contribution in [0.25, 0.3) is 0 Å². The lowest BCUT2D eigenvalue weighted by Crippen LogP contribution is -2.46.